The highest BCUT2D eigenvalue weighted by atomic mass is 32.2. The minimum atomic E-state index is -0.242. The summed E-state index contributed by atoms with van der Waals surface area (Å²) in [6.07, 6.45) is 1.76. The van der Waals surface area contributed by atoms with Gasteiger partial charge in [0.05, 0.1) is 4.91 Å². The van der Waals surface area contributed by atoms with Gasteiger partial charge in [-0.2, -0.15) is 0 Å². The highest BCUT2D eigenvalue weighted by molar-refractivity contribution is 8.26. The van der Waals surface area contributed by atoms with E-state index in [1.54, 1.807) is 17.0 Å². The van der Waals surface area contributed by atoms with Gasteiger partial charge >= 0.3 is 0 Å². The monoisotopic (exact) mass is 440 g/mol. The Morgan fingerprint density at radius 1 is 1.17 bits per heavy atom. The lowest BCUT2D eigenvalue weighted by atomic mass is 10.1. The molecule has 1 saturated heterocycles. The normalized spacial score (nSPS) is 15.2. The zero-order chi connectivity index (χ0) is 21.8. The van der Waals surface area contributed by atoms with Crippen LogP contribution in [0.4, 0.5) is 5.69 Å². The molecule has 0 aliphatic carbocycles. The maximum atomic E-state index is 12.7. The number of hydrogen-bond donors (Lipinski definition) is 1. The number of thiocarbonyl (C=S) groups is 1. The number of para-hydroxylation sites is 2. The number of aryl methyl sites for hydroxylation is 2. The molecule has 5 nitrogen and oxygen atoms in total. The quantitative estimate of drug-likeness (QED) is 0.510. The first-order valence-corrected chi connectivity index (χ1v) is 10.9. The summed E-state index contributed by atoms with van der Waals surface area (Å²) in [5.74, 6) is 0.180. The highest BCUT2D eigenvalue weighted by Crippen LogP contribution is 2.35. The summed E-state index contributed by atoms with van der Waals surface area (Å²) in [7, 11) is 0. The first-order chi connectivity index (χ1) is 14.3. The Morgan fingerprint density at radius 2 is 1.83 bits per heavy atom. The standard InChI is InChI=1S/C23H24N2O3S2/c1-14(2)25-22(27)19(30-23(25)29)12-17-10-5-6-11-18(17)28-13-20(26)24-21-15(3)8-7-9-16(21)4/h5-12,14H,13H2,1-4H3,(H,24,26)/b19-12-. The lowest BCUT2D eigenvalue weighted by Gasteiger charge is -2.18. The van der Waals surface area contributed by atoms with Crippen LogP contribution in [0.1, 0.15) is 30.5 Å². The Morgan fingerprint density at radius 3 is 2.47 bits per heavy atom. The summed E-state index contributed by atoms with van der Waals surface area (Å²) in [4.78, 5) is 27.2. The molecule has 0 saturated carbocycles. The topological polar surface area (TPSA) is 58.6 Å². The summed E-state index contributed by atoms with van der Waals surface area (Å²) in [5.41, 5.74) is 3.52. The Labute approximate surface area is 186 Å². The molecule has 2 aromatic rings. The van der Waals surface area contributed by atoms with Crippen LogP contribution in [0.25, 0.3) is 6.08 Å². The molecule has 0 atom stereocenters. The molecule has 0 spiro atoms. The SMILES string of the molecule is Cc1cccc(C)c1NC(=O)COc1ccccc1/C=C1\SC(=S)N(C(C)C)C1=O. The molecule has 1 aliphatic rings. The van der Waals surface area contributed by atoms with Crippen LogP contribution in [0.3, 0.4) is 0 Å². The van der Waals surface area contributed by atoms with Gasteiger partial charge in [-0.05, 0) is 51.0 Å². The van der Waals surface area contributed by atoms with Gasteiger partial charge in [0, 0.05) is 17.3 Å². The van der Waals surface area contributed by atoms with Crippen molar-refractivity contribution < 1.29 is 14.3 Å². The van der Waals surface area contributed by atoms with E-state index in [1.807, 2.05) is 64.1 Å². The second kappa shape index (κ2) is 9.45. The number of carbonyl (C=O) groups excluding carboxylic acids is 2. The number of anilines is 1. The van der Waals surface area contributed by atoms with Crippen LogP contribution in [0.15, 0.2) is 47.4 Å². The largest absolute Gasteiger partial charge is 0.483 e. The summed E-state index contributed by atoms with van der Waals surface area (Å²) >= 11 is 6.61. The summed E-state index contributed by atoms with van der Waals surface area (Å²) in [5, 5.41) is 2.91. The lowest BCUT2D eigenvalue weighted by molar-refractivity contribution is -0.123. The second-order valence-electron chi connectivity index (χ2n) is 7.29. The highest BCUT2D eigenvalue weighted by Gasteiger charge is 2.33. The van der Waals surface area contributed by atoms with Crippen LogP contribution in [-0.2, 0) is 9.59 Å². The number of nitrogens with one attached hydrogen (secondary N) is 1. The molecule has 1 heterocycles. The minimum absolute atomic E-state index is 0.00323. The van der Waals surface area contributed by atoms with Gasteiger partial charge in [-0.3, -0.25) is 14.5 Å². The van der Waals surface area contributed by atoms with Crippen molar-refractivity contribution in [3.05, 3.63) is 64.1 Å². The van der Waals surface area contributed by atoms with E-state index in [4.69, 9.17) is 17.0 Å². The fourth-order valence-corrected chi connectivity index (χ4v) is 4.64. The zero-order valence-electron chi connectivity index (χ0n) is 17.4. The first kappa shape index (κ1) is 22.1. The number of amides is 2. The Hall–Kier alpha value is -2.64. The zero-order valence-corrected chi connectivity index (χ0v) is 19.0. The Balaban J connectivity index is 1.73. The molecule has 1 aliphatic heterocycles. The van der Waals surface area contributed by atoms with E-state index >= 15 is 0 Å². The van der Waals surface area contributed by atoms with Crippen LogP contribution in [0.5, 0.6) is 5.75 Å². The average Bonchev–Trinajstić information content (AvgIpc) is 2.97. The summed E-state index contributed by atoms with van der Waals surface area (Å²) < 4.78 is 6.32. The van der Waals surface area contributed by atoms with Crippen molar-refractivity contribution in [2.45, 2.75) is 33.7 Å². The Kier molecular flexibility index (Phi) is 6.95. The molecule has 1 fully saturated rings. The number of hydrogen-bond acceptors (Lipinski definition) is 5. The van der Waals surface area contributed by atoms with Gasteiger partial charge in [-0.25, -0.2) is 0 Å². The molecule has 7 heteroatoms. The van der Waals surface area contributed by atoms with Crippen LogP contribution in [0, 0.1) is 13.8 Å². The number of nitrogens with zero attached hydrogens (tertiary/aromatic N) is 1. The van der Waals surface area contributed by atoms with Gasteiger partial charge in [0.2, 0.25) is 0 Å². The van der Waals surface area contributed by atoms with Crippen molar-refractivity contribution in [1.29, 1.82) is 0 Å². The van der Waals surface area contributed by atoms with E-state index in [0.717, 1.165) is 22.4 Å². The average molecular weight is 441 g/mol. The van der Waals surface area contributed by atoms with Gasteiger partial charge in [-0.1, -0.05) is 60.4 Å². The third-order valence-electron chi connectivity index (χ3n) is 4.65. The molecule has 2 amide bonds. The maximum absolute atomic E-state index is 12.7. The lowest BCUT2D eigenvalue weighted by Crippen LogP contribution is -2.34. The third-order valence-corrected chi connectivity index (χ3v) is 5.98. The summed E-state index contributed by atoms with van der Waals surface area (Å²) in [6.45, 7) is 7.63. The number of carbonyl (C=O) groups is 2. The van der Waals surface area contributed by atoms with Crippen LogP contribution < -0.4 is 10.1 Å². The smallest absolute Gasteiger partial charge is 0.266 e. The van der Waals surface area contributed by atoms with Crippen molar-refractivity contribution in [1.82, 2.24) is 4.90 Å². The van der Waals surface area contributed by atoms with Crippen molar-refractivity contribution >= 4 is 51.9 Å². The molecule has 0 unspecified atom stereocenters. The number of rotatable bonds is 6. The van der Waals surface area contributed by atoms with Gasteiger partial charge in [0.15, 0.2) is 6.61 Å². The molecule has 156 valence electrons. The molecule has 3 rings (SSSR count). The minimum Gasteiger partial charge on any atom is -0.483 e. The number of thioether (sulfide) groups is 1. The van der Waals surface area contributed by atoms with Gasteiger partial charge in [0.25, 0.3) is 11.8 Å². The third kappa shape index (κ3) is 4.91. The van der Waals surface area contributed by atoms with Crippen molar-refractivity contribution in [3.8, 4) is 5.75 Å². The molecule has 0 aromatic heterocycles. The molecule has 0 radical (unpaired) electrons. The van der Waals surface area contributed by atoms with E-state index < -0.39 is 0 Å². The van der Waals surface area contributed by atoms with Gasteiger partial charge in [0.1, 0.15) is 10.1 Å². The maximum Gasteiger partial charge on any atom is 0.266 e. The predicted molar refractivity (Wildman–Crippen MR) is 127 cm³/mol. The Bertz CT molecular complexity index is 1010. The molecule has 1 N–H and O–H groups in total. The van der Waals surface area contributed by atoms with Crippen LogP contribution >= 0.6 is 24.0 Å². The second-order valence-corrected chi connectivity index (χ2v) is 8.96. The van der Waals surface area contributed by atoms with Gasteiger partial charge < -0.3 is 10.1 Å². The van der Waals surface area contributed by atoms with E-state index in [9.17, 15) is 9.59 Å². The number of benzene rings is 2. The van der Waals surface area contributed by atoms with E-state index in [2.05, 4.69) is 5.32 Å². The summed E-state index contributed by atoms with van der Waals surface area (Å²) in [6, 6.07) is 13.2. The van der Waals surface area contributed by atoms with E-state index in [0.29, 0.717) is 15.0 Å². The number of ether oxygens (including phenoxy) is 1. The van der Waals surface area contributed by atoms with Crippen molar-refractivity contribution in [2.24, 2.45) is 0 Å². The fourth-order valence-electron chi connectivity index (χ4n) is 3.13. The van der Waals surface area contributed by atoms with Crippen molar-refractivity contribution in [3.63, 3.8) is 0 Å². The van der Waals surface area contributed by atoms with Gasteiger partial charge in [-0.15, -0.1) is 0 Å². The molecule has 0 bridgehead atoms. The van der Waals surface area contributed by atoms with Crippen LogP contribution in [-0.4, -0.2) is 33.7 Å². The molecular formula is C23H24N2O3S2. The van der Waals surface area contributed by atoms with Crippen LogP contribution in [0.2, 0.25) is 0 Å². The fraction of sp³-hybridized carbons (Fsp3) is 0.261. The predicted octanol–water partition coefficient (Wildman–Crippen LogP) is 4.93. The van der Waals surface area contributed by atoms with Crippen molar-refractivity contribution in [2.75, 3.05) is 11.9 Å². The molecule has 2 aromatic carbocycles. The molecule has 30 heavy (non-hydrogen) atoms. The first-order valence-electron chi connectivity index (χ1n) is 9.63. The molecular weight excluding hydrogens is 416 g/mol. The van der Waals surface area contributed by atoms with E-state index in [1.165, 1.54) is 11.8 Å². The van der Waals surface area contributed by atoms with E-state index in [-0.39, 0.29) is 24.5 Å².